The van der Waals surface area contributed by atoms with Crippen molar-refractivity contribution in [2.45, 2.75) is 27.2 Å². The fourth-order valence-corrected chi connectivity index (χ4v) is 4.40. The maximum Gasteiger partial charge on any atom is 0.407 e. The predicted octanol–water partition coefficient (Wildman–Crippen LogP) is 5.19. The zero-order valence-electron chi connectivity index (χ0n) is 19.2. The number of aromatic hydroxyl groups is 1. The topological polar surface area (TPSA) is 89.8 Å². The van der Waals surface area contributed by atoms with Crippen molar-refractivity contribution in [2.75, 3.05) is 31.1 Å². The number of hydrogen-bond acceptors (Lipinski definition) is 5. The maximum atomic E-state index is 11.7. The number of carboxylic acid groups (broad SMARTS) is 1. The molecule has 1 saturated heterocycles. The van der Waals surface area contributed by atoms with Crippen LogP contribution in [0.5, 0.6) is 5.75 Å². The van der Waals surface area contributed by atoms with Gasteiger partial charge in [0, 0.05) is 31.6 Å². The number of halogens is 1. The lowest BCUT2D eigenvalue weighted by atomic mass is 10.1. The molecule has 1 aromatic heterocycles. The summed E-state index contributed by atoms with van der Waals surface area (Å²) < 4.78 is 0. The molecular weight excluding hydrogens is 440 g/mol. The summed E-state index contributed by atoms with van der Waals surface area (Å²) in [5.74, 6) is 2.01. The Morgan fingerprint density at radius 2 is 1.97 bits per heavy atom. The van der Waals surface area contributed by atoms with Gasteiger partial charge in [0.15, 0.2) is 5.82 Å². The molecular formula is C25H31ClN4O3. The lowest BCUT2D eigenvalue weighted by molar-refractivity contribution is 0.132. The number of nitrogens with zero attached hydrogens (tertiary/aromatic N) is 4. The van der Waals surface area contributed by atoms with Gasteiger partial charge in [0.2, 0.25) is 0 Å². The van der Waals surface area contributed by atoms with E-state index in [4.69, 9.17) is 9.97 Å². The van der Waals surface area contributed by atoms with Gasteiger partial charge in [-0.1, -0.05) is 32.0 Å². The van der Waals surface area contributed by atoms with Gasteiger partial charge in [0.25, 0.3) is 0 Å². The van der Waals surface area contributed by atoms with Crippen molar-refractivity contribution in [3.8, 4) is 17.1 Å². The zero-order valence-corrected chi connectivity index (χ0v) is 20.0. The van der Waals surface area contributed by atoms with Crippen molar-refractivity contribution in [3.63, 3.8) is 0 Å². The van der Waals surface area contributed by atoms with Gasteiger partial charge in [-0.2, -0.15) is 0 Å². The molecule has 4 rings (SSSR count). The average molecular weight is 471 g/mol. The van der Waals surface area contributed by atoms with Gasteiger partial charge in [-0.25, -0.2) is 14.8 Å². The molecule has 8 heteroatoms. The highest BCUT2D eigenvalue weighted by Crippen LogP contribution is 2.34. The number of anilines is 1. The highest BCUT2D eigenvalue weighted by Gasteiger charge is 2.29. The number of phenols is 1. The van der Waals surface area contributed by atoms with E-state index in [1.54, 1.807) is 12.1 Å². The smallest absolute Gasteiger partial charge is 0.407 e. The second-order valence-corrected chi connectivity index (χ2v) is 9.09. The molecule has 2 N–H and O–H groups in total. The van der Waals surface area contributed by atoms with Crippen molar-refractivity contribution >= 4 is 35.2 Å². The molecule has 0 saturated carbocycles. The largest absolute Gasteiger partial charge is 0.507 e. The molecule has 2 heterocycles. The van der Waals surface area contributed by atoms with E-state index in [0.29, 0.717) is 30.4 Å². The standard InChI is InChI=1S/C25H30N4O3.ClH/c1-16(2)13-29(25(31)32)15-18-10-11-28(14-18)24-19-9-8-17(3)12-21(19)26-23(27-24)20-6-4-5-7-22(20)30;/h4-9,12,16,18,30H,10-11,13-15H2,1-3H3,(H,31,32);1H/t18-;/m0./s1. The number of aryl methyl sites for hydroxylation is 1. The fourth-order valence-electron chi connectivity index (χ4n) is 4.40. The Bertz CT molecular complexity index is 1140. The molecule has 2 aromatic carbocycles. The number of aromatic nitrogens is 2. The monoisotopic (exact) mass is 470 g/mol. The minimum atomic E-state index is -0.859. The van der Waals surface area contributed by atoms with Crippen LogP contribution in [0.15, 0.2) is 42.5 Å². The molecule has 176 valence electrons. The van der Waals surface area contributed by atoms with Crippen LogP contribution in [0.25, 0.3) is 22.3 Å². The first-order chi connectivity index (χ1) is 15.3. The van der Waals surface area contributed by atoms with Crippen LogP contribution in [0.2, 0.25) is 0 Å². The molecule has 1 fully saturated rings. The summed E-state index contributed by atoms with van der Waals surface area (Å²) in [5, 5.41) is 20.9. The summed E-state index contributed by atoms with van der Waals surface area (Å²) in [6.07, 6.45) is 0.0486. The Morgan fingerprint density at radius 1 is 1.21 bits per heavy atom. The van der Waals surface area contributed by atoms with E-state index in [2.05, 4.69) is 11.0 Å². The lowest BCUT2D eigenvalue weighted by Crippen LogP contribution is -2.37. The number of hydrogen-bond donors (Lipinski definition) is 2. The summed E-state index contributed by atoms with van der Waals surface area (Å²) in [5.41, 5.74) is 2.54. The van der Waals surface area contributed by atoms with Gasteiger partial charge in [0.05, 0.1) is 11.1 Å². The molecule has 1 atom stereocenters. The van der Waals surface area contributed by atoms with Crippen LogP contribution in [0, 0.1) is 18.8 Å². The van der Waals surface area contributed by atoms with Crippen LogP contribution in [0.1, 0.15) is 25.8 Å². The quantitative estimate of drug-likeness (QED) is 0.515. The van der Waals surface area contributed by atoms with E-state index in [-0.39, 0.29) is 24.1 Å². The summed E-state index contributed by atoms with van der Waals surface area (Å²) in [6.45, 7) is 8.71. The number of amides is 1. The molecule has 0 radical (unpaired) electrons. The Balaban J connectivity index is 0.00000306. The first-order valence-electron chi connectivity index (χ1n) is 11.1. The molecule has 0 unspecified atom stereocenters. The zero-order chi connectivity index (χ0) is 22.8. The third kappa shape index (κ3) is 5.47. The van der Waals surface area contributed by atoms with Gasteiger partial charge in [-0.15, -0.1) is 12.4 Å². The van der Waals surface area contributed by atoms with E-state index in [1.807, 2.05) is 45.0 Å². The minimum Gasteiger partial charge on any atom is -0.507 e. The van der Waals surface area contributed by atoms with Crippen molar-refractivity contribution in [2.24, 2.45) is 11.8 Å². The lowest BCUT2D eigenvalue weighted by Gasteiger charge is -2.25. The number of para-hydroxylation sites is 1. The summed E-state index contributed by atoms with van der Waals surface area (Å²) in [7, 11) is 0. The maximum absolute atomic E-state index is 11.7. The van der Waals surface area contributed by atoms with Crippen LogP contribution in [-0.4, -0.2) is 57.4 Å². The van der Waals surface area contributed by atoms with Crippen molar-refractivity contribution in [3.05, 3.63) is 48.0 Å². The molecule has 0 aliphatic carbocycles. The SMILES string of the molecule is Cc1ccc2c(N3CC[C@H](CN(CC(C)C)C(=O)O)C3)nc(-c3ccccc3O)nc2c1.Cl. The van der Waals surface area contributed by atoms with Gasteiger partial charge in [0.1, 0.15) is 11.6 Å². The first kappa shape index (κ1) is 24.6. The van der Waals surface area contributed by atoms with Crippen molar-refractivity contribution in [1.82, 2.24) is 14.9 Å². The number of rotatable bonds is 6. The number of fused-ring (bicyclic) bond motifs is 1. The summed E-state index contributed by atoms with van der Waals surface area (Å²) >= 11 is 0. The highest BCUT2D eigenvalue weighted by atomic mass is 35.5. The van der Waals surface area contributed by atoms with Gasteiger partial charge >= 0.3 is 6.09 Å². The summed E-state index contributed by atoms with van der Waals surface area (Å²) in [4.78, 5) is 25.0. The number of carbonyl (C=O) groups is 1. The number of benzene rings is 2. The average Bonchev–Trinajstić information content (AvgIpc) is 3.20. The highest BCUT2D eigenvalue weighted by molar-refractivity contribution is 5.92. The first-order valence-corrected chi connectivity index (χ1v) is 11.1. The number of phenolic OH excluding ortho intramolecular Hbond substituents is 1. The van der Waals surface area contributed by atoms with E-state index < -0.39 is 6.09 Å². The third-order valence-corrected chi connectivity index (χ3v) is 5.90. The van der Waals surface area contributed by atoms with E-state index in [1.165, 1.54) is 4.90 Å². The summed E-state index contributed by atoms with van der Waals surface area (Å²) in [6, 6.07) is 13.2. The van der Waals surface area contributed by atoms with E-state index >= 15 is 0 Å². The van der Waals surface area contributed by atoms with Gasteiger partial charge < -0.3 is 20.0 Å². The van der Waals surface area contributed by atoms with Crippen molar-refractivity contribution in [1.29, 1.82) is 0 Å². The van der Waals surface area contributed by atoms with E-state index in [0.717, 1.165) is 41.8 Å². The second-order valence-electron chi connectivity index (χ2n) is 9.09. The molecule has 33 heavy (non-hydrogen) atoms. The fraction of sp³-hybridized carbons (Fsp3) is 0.400. The van der Waals surface area contributed by atoms with Crippen LogP contribution in [0.3, 0.4) is 0 Å². The van der Waals surface area contributed by atoms with Crippen LogP contribution in [0.4, 0.5) is 10.6 Å². The Labute approximate surface area is 200 Å². The molecule has 1 aliphatic heterocycles. The molecule has 0 spiro atoms. The molecule has 7 nitrogen and oxygen atoms in total. The molecule has 1 amide bonds. The molecule has 3 aromatic rings. The normalized spacial score (nSPS) is 15.6. The van der Waals surface area contributed by atoms with E-state index in [9.17, 15) is 15.0 Å². The predicted molar refractivity (Wildman–Crippen MR) is 133 cm³/mol. The third-order valence-electron chi connectivity index (χ3n) is 5.90. The van der Waals surface area contributed by atoms with Crippen molar-refractivity contribution < 1.29 is 15.0 Å². The second kappa shape index (κ2) is 10.3. The van der Waals surface area contributed by atoms with Crippen LogP contribution < -0.4 is 4.90 Å². The minimum absolute atomic E-state index is 0. The van der Waals surface area contributed by atoms with Gasteiger partial charge in [-0.3, -0.25) is 0 Å². The molecule has 0 bridgehead atoms. The Hall–Kier alpha value is -3.06. The van der Waals surface area contributed by atoms with Crippen LogP contribution >= 0.6 is 12.4 Å². The van der Waals surface area contributed by atoms with Gasteiger partial charge in [-0.05, 0) is 55.0 Å². The molecule has 1 aliphatic rings. The Kier molecular flexibility index (Phi) is 7.64. The Morgan fingerprint density at radius 3 is 2.67 bits per heavy atom. The van der Waals surface area contributed by atoms with Crippen LogP contribution in [-0.2, 0) is 0 Å².